The van der Waals surface area contributed by atoms with Gasteiger partial charge in [0.25, 0.3) is 5.91 Å². The molecule has 0 radical (unpaired) electrons. The van der Waals surface area contributed by atoms with E-state index in [2.05, 4.69) is 0 Å². The lowest BCUT2D eigenvalue weighted by atomic mass is 9.74. The molecule has 31 heavy (non-hydrogen) atoms. The number of hydrogen-bond donors (Lipinski definition) is 0. The van der Waals surface area contributed by atoms with Crippen LogP contribution in [0.25, 0.3) is 0 Å². The van der Waals surface area contributed by atoms with Crippen molar-refractivity contribution in [3.05, 3.63) is 59.4 Å². The summed E-state index contributed by atoms with van der Waals surface area (Å²) >= 11 is 0. The molecule has 1 saturated heterocycles. The van der Waals surface area contributed by atoms with E-state index in [1.54, 1.807) is 48.2 Å². The van der Waals surface area contributed by atoms with Gasteiger partial charge < -0.3 is 19.1 Å². The van der Waals surface area contributed by atoms with Crippen LogP contribution in [-0.4, -0.2) is 50.7 Å². The maximum atomic E-state index is 14.4. The number of nitrogens with zero attached hydrogens (tertiary/aromatic N) is 1. The number of likely N-dealkylation sites (tertiary alicyclic amines) is 1. The molecule has 0 unspecified atom stereocenters. The average Bonchev–Trinajstić information content (AvgIpc) is 2.80. The number of halogens is 1. The summed E-state index contributed by atoms with van der Waals surface area (Å²) in [5, 5.41) is 0. The first-order valence-corrected chi connectivity index (χ1v) is 10.4. The van der Waals surface area contributed by atoms with Crippen molar-refractivity contribution < 1.29 is 28.2 Å². The van der Waals surface area contributed by atoms with Crippen molar-refractivity contribution in [1.29, 1.82) is 0 Å². The lowest BCUT2D eigenvalue weighted by Crippen LogP contribution is -2.51. The monoisotopic (exact) mass is 429 g/mol. The molecule has 1 heterocycles. The van der Waals surface area contributed by atoms with E-state index >= 15 is 0 Å². The normalized spacial score (nSPS) is 18.4. The fourth-order valence-electron chi connectivity index (χ4n) is 4.09. The average molecular weight is 429 g/mol. The molecule has 0 aromatic heterocycles. The third-order valence-electron chi connectivity index (χ3n) is 5.66. The van der Waals surface area contributed by atoms with Crippen LogP contribution in [0.3, 0.4) is 0 Å². The molecule has 0 aliphatic carbocycles. The number of piperidine rings is 1. The van der Waals surface area contributed by atoms with Crippen LogP contribution < -0.4 is 9.47 Å². The van der Waals surface area contributed by atoms with Gasteiger partial charge in [0.1, 0.15) is 17.3 Å². The number of esters is 1. The van der Waals surface area contributed by atoms with Gasteiger partial charge in [0.05, 0.1) is 26.2 Å². The molecule has 1 atom stereocenters. The minimum atomic E-state index is -1.00. The first kappa shape index (κ1) is 22.6. The topological polar surface area (TPSA) is 65.1 Å². The number of ether oxygens (including phenoxy) is 3. The minimum Gasteiger partial charge on any atom is -0.497 e. The second kappa shape index (κ2) is 9.81. The van der Waals surface area contributed by atoms with Gasteiger partial charge in [0.2, 0.25) is 0 Å². The van der Waals surface area contributed by atoms with Gasteiger partial charge in [0, 0.05) is 24.7 Å². The van der Waals surface area contributed by atoms with Gasteiger partial charge in [-0.3, -0.25) is 9.59 Å². The summed E-state index contributed by atoms with van der Waals surface area (Å²) in [6, 6.07) is 11.4. The van der Waals surface area contributed by atoms with Gasteiger partial charge >= 0.3 is 5.97 Å². The van der Waals surface area contributed by atoms with Crippen molar-refractivity contribution in [2.24, 2.45) is 5.41 Å². The number of carbonyl (C=O) groups excluding carboxylic acids is 2. The number of methoxy groups -OCH3 is 2. The molecule has 0 bridgehead atoms. The molecule has 0 N–H and O–H groups in total. The van der Waals surface area contributed by atoms with Crippen LogP contribution in [-0.2, 0) is 16.0 Å². The Morgan fingerprint density at radius 3 is 2.39 bits per heavy atom. The van der Waals surface area contributed by atoms with Crippen molar-refractivity contribution in [2.45, 2.75) is 26.2 Å². The highest BCUT2D eigenvalue weighted by molar-refractivity contribution is 5.95. The van der Waals surface area contributed by atoms with Gasteiger partial charge in [-0.05, 0) is 49.9 Å². The third kappa shape index (κ3) is 4.98. The van der Waals surface area contributed by atoms with Crippen molar-refractivity contribution >= 4 is 11.9 Å². The molecular weight excluding hydrogens is 401 g/mol. The van der Waals surface area contributed by atoms with Crippen molar-refractivity contribution in [1.82, 2.24) is 4.90 Å². The van der Waals surface area contributed by atoms with Crippen molar-refractivity contribution in [2.75, 3.05) is 33.9 Å². The highest BCUT2D eigenvalue weighted by Crippen LogP contribution is 2.37. The smallest absolute Gasteiger partial charge is 0.314 e. The summed E-state index contributed by atoms with van der Waals surface area (Å²) in [7, 11) is 3.04. The lowest BCUT2D eigenvalue weighted by molar-refractivity contribution is -0.158. The first-order chi connectivity index (χ1) is 14.9. The van der Waals surface area contributed by atoms with Crippen LogP contribution in [0.2, 0.25) is 0 Å². The van der Waals surface area contributed by atoms with E-state index < -0.39 is 11.4 Å². The fourth-order valence-corrected chi connectivity index (χ4v) is 4.09. The molecule has 1 aliphatic rings. The summed E-state index contributed by atoms with van der Waals surface area (Å²) in [6.07, 6.45) is 1.30. The van der Waals surface area contributed by atoms with Crippen molar-refractivity contribution in [3.63, 3.8) is 0 Å². The van der Waals surface area contributed by atoms with E-state index in [1.807, 2.05) is 0 Å². The third-order valence-corrected chi connectivity index (χ3v) is 5.66. The Morgan fingerprint density at radius 1 is 1.10 bits per heavy atom. The number of benzene rings is 2. The quantitative estimate of drug-likeness (QED) is 0.625. The molecular formula is C24H28FNO5. The zero-order valence-corrected chi connectivity index (χ0v) is 18.2. The summed E-state index contributed by atoms with van der Waals surface area (Å²) in [4.78, 5) is 28.0. The Labute approximate surface area is 181 Å². The van der Waals surface area contributed by atoms with Gasteiger partial charge in [-0.1, -0.05) is 18.2 Å². The van der Waals surface area contributed by atoms with E-state index in [1.165, 1.54) is 20.3 Å². The largest absolute Gasteiger partial charge is 0.497 e. The molecule has 2 aromatic rings. The molecule has 1 aliphatic heterocycles. The Morgan fingerprint density at radius 2 is 1.77 bits per heavy atom. The predicted octanol–water partition coefficient (Wildman–Crippen LogP) is 3.87. The molecule has 2 aromatic carbocycles. The number of amides is 1. The van der Waals surface area contributed by atoms with Crippen molar-refractivity contribution in [3.8, 4) is 11.5 Å². The lowest BCUT2D eigenvalue weighted by Gasteiger charge is -2.41. The Balaban J connectivity index is 1.92. The molecule has 1 fully saturated rings. The molecule has 3 rings (SSSR count). The Kier molecular flexibility index (Phi) is 7.15. The Bertz CT molecular complexity index is 925. The summed E-state index contributed by atoms with van der Waals surface area (Å²) < 4.78 is 30.3. The molecule has 1 amide bonds. The van der Waals surface area contributed by atoms with Crippen LogP contribution in [0.15, 0.2) is 42.5 Å². The van der Waals surface area contributed by atoms with Gasteiger partial charge in [-0.2, -0.15) is 0 Å². The predicted molar refractivity (Wildman–Crippen MR) is 114 cm³/mol. The van der Waals surface area contributed by atoms with Gasteiger partial charge in [-0.25, -0.2) is 4.39 Å². The number of rotatable bonds is 7. The summed E-state index contributed by atoms with van der Waals surface area (Å²) in [5.41, 5.74) is -0.163. The number of hydrogen-bond acceptors (Lipinski definition) is 5. The van der Waals surface area contributed by atoms with E-state index in [-0.39, 0.29) is 31.3 Å². The fraction of sp³-hybridized carbons (Fsp3) is 0.417. The summed E-state index contributed by atoms with van der Waals surface area (Å²) in [5.74, 6) is -0.00400. The van der Waals surface area contributed by atoms with Crippen LogP contribution in [0, 0.1) is 11.2 Å². The highest BCUT2D eigenvalue weighted by Gasteiger charge is 2.45. The standard InChI is InChI=1S/C24H28FNO5/c1-4-31-23(28)24(15-17-8-5-6-9-21(17)25)10-7-11-26(16-24)22(27)18-12-19(29-2)14-20(13-18)30-3/h5-6,8-9,12-14H,4,7,10-11,15-16H2,1-3H3/t24-/m0/s1. The number of carbonyl (C=O) groups is 2. The first-order valence-electron chi connectivity index (χ1n) is 10.4. The molecule has 7 heteroatoms. The van der Waals surface area contributed by atoms with Gasteiger partial charge in [-0.15, -0.1) is 0 Å². The zero-order valence-electron chi connectivity index (χ0n) is 18.2. The Hall–Kier alpha value is -3.09. The molecule has 0 spiro atoms. The van der Waals surface area contributed by atoms with E-state index in [0.29, 0.717) is 42.0 Å². The molecule has 6 nitrogen and oxygen atoms in total. The van der Waals surface area contributed by atoms with E-state index in [9.17, 15) is 14.0 Å². The van der Waals surface area contributed by atoms with Gasteiger partial charge in [0.15, 0.2) is 0 Å². The zero-order chi connectivity index (χ0) is 22.4. The summed E-state index contributed by atoms with van der Waals surface area (Å²) in [6.45, 7) is 2.61. The second-order valence-corrected chi connectivity index (χ2v) is 7.70. The van der Waals surface area contributed by atoms with Crippen LogP contribution >= 0.6 is 0 Å². The molecule has 166 valence electrons. The van der Waals surface area contributed by atoms with Crippen LogP contribution in [0.1, 0.15) is 35.7 Å². The SMILES string of the molecule is CCOC(=O)[C@]1(Cc2ccccc2F)CCCN(C(=O)c2cc(OC)cc(OC)c2)C1. The minimum absolute atomic E-state index is 0.151. The molecule has 0 saturated carbocycles. The second-order valence-electron chi connectivity index (χ2n) is 7.70. The maximum absolute atomic E-state index is 14.4. The highest BCUT2D eigenvalue weighted by atomic mass is 19.1. The van der Waals surface area contributed by atoms with Crippen LogP contribution in [0.5, 0.6) is 11.5 Å². The van der Waals surface area contributed by atoms with E-state index in [4.69, 9.17) is 14.2 Å². The van der Waals surface area contributed by atoms with Crippen LogP contribution in [0.4, 0.5) is 4.39 Å². The van der Waals surface area contributed by atoms with E-state index in [0.717, 1.165) is 0 Å². The maximum Gasteiger partial charge on any atom is 0.314 e.